The third kappa shape index (κ3) is 11.5. The van der Waals surface area contributed by atoms with E-state index in [1.54, 1.807) is 36.4 Å². The second-order valence-electron chi connectivity index (χ2n) is 17.2. The number of hydrogen-bond donors (Lipinski definition) is 2. The summed E-state index contributed by atoms with van der Waals surface area (Å²) < 4.78 is 0. The Morgan fingerprint density at radius 2 is 1.06 bits per heavy atom. The van der Waals surface area contributed by atoms with Gasteiger partial charge in [-0.2, -0.15) is 0 Å². The van der Waals surface area contributed by atoms with Gasteiger partial charge in [0.15, 0.2) is 0 Å². The molecule has 0 saturated carbocycles. The van der Waals surface area contributed by atoms with Crippen LogP contribution in [0.5, 0.6) is 0 Å². The Morgan fingerprint density at radius 1 is 0.667 bits per heavy atom. The molecule has 2 aliphatic heterocycles. The minimum Gasteiger partial charge on any atom is -0.352 e. The molecule has 0 aromatic heterocycles. The van der Waals surface area contributed by atoms with E-state index in [9.17, 15) is 29.8 Å². The molecule has 332 valence electrons. The number of benzene rings is 4. The Morgan fingerprint density at radius 3 is 1.41 bits per heavy atom. The summed E-state index contributed by atoms with van der Waals surface area (Å²) >= 11 is 0.958. The Balaban J connectivity index is 1.42. The molecule has 2 unspecified atom stereocenters. The van der Waals surface area contributed by atoms with Gasteiger partial charge in [0.1, 0.15) is 0 Å². The first kappa shape index (κ1) is 46.9. The number of nitrogens with zero attached hydrogens (tertiary/aromatic N) is 4. The Bertz CT molecular complexity index is 2210. The average Bonchev–Trinajstić information content (AvgIpc) is 3.87. The van der Waals surface area contributed by atoms with E-state index < -0.39 is 9.85 Å². The average molecular weight is 873 g/mol. The highest BCUT2D eigenvalue weighted by Gasteiger charge is 2.31. The van der Waals surface area contributed by atoms with Crippen LogP contribution < -0.4 is 10.6 Å². The molecule has 2 atom stereocenters. The van der Waals surface area contributed by atoms with Crippen LogP contribution in [0.2, 0.25) is 0 Å². The molecule has 0 spiro atoms. The number of carbonyl (C=O) groups excluding carboxylic acids is 2. The first-order valence-electron chi connectivity index (χ1n) is 22.1. The summed E-state index contributed by atoms with van der Waals surface area (Å²) in [5.74, 6) is -0.582. The van der Waals surface area contributed by atoms with Crippen molar-refractivity contribution in [3.63, 3.8) is 0 Å². The smallest absolute Gasteiger partial charge is 0.291 e. The molecular formula is C50H60N6O6S. The highest BCUT2D eigenvalue weighted by Crippen LogP contribution is 2.50. The highest BCUT2D eigenvalue weighted by molar-refractivity contribution is 7.99. The van der Waals surface area contributed by atoms with Crippen molar-refractivity contribution in [2.75, 3.05) is 40.3 Å². The molecular weight excluding hydrogens is 813 g/mol. The van der Waals surface area contributed by atoms with Crippen LogP contribution in [0.3, 0.4) is 0 Å². The van der Waals surface area contributed by atoms with Gasteiger partial charge in [-0.1, -0.05) is 100 Å². The number of nitrogens with one attached hydrogen (secondary N) is 2. The lowest BCUT2D eigenvalue weighted by atomic mass is 9.89. The zero-order valence-corrected chi connectivity index (χ0v) is 38.1. The summed E-state index contributed by atoms with van der Waals surface area (Å²) in [6.45, 7) is 11.2. The molecule has 2 aliphatic rings. The van der Waals surface area contributed by atoms with E-state index in [-0.39, 0.29) is 44.8 Å². The van der Waals surface area contributed by atoms with E-state index in [1.807, 2.05) is 76.2 Å². The molecule has 0 bridgehead atoms. The zero-order valence-electron chi connectivity index (χ0n) is 37.3. The van der Waals surface area contributed by atoms with Crippen LogP contribution in [-0.2, 0) is 9.59 Å². The molecule has 2 saturated heterocycles. The van der Waals surface area contributed by atoms with Gasteiger partial charge in [0.05, 0.1) is 30.8 Å². The Labute approximate surface area is 375 Å². The zero-order chi connectivity index (χ0) is 45.2. The Kier molecular flexibility index (Phi) is 16.1. The third-order valence-electron chi connectivity index (χ3n) is 12.4. The molecule has 4 aromatic carbocycles. The summed E-state index contributed by atoms with van der Waals surface area (Å²) in [6, 6.07) is 22.5. The highest BCUT2D eigenvalue weighted by atomic mass is 32.2. The van der Waals surface area contributed by atoms with Gasteiger partial charge in [-0.05, 0) is 135 Å². The first-order chi connectivity index (χ1) is 30.2. The van der Waals surface area contributed by atoms with Crippen molar-refractivity contribution in [1.82, 2.24) is 20.4 Å². The quantitative estimate of drug-likeness (QED) is 0.0565. The lowest BCUT2D eigenvalue weighted by Gasteiger charge is -2.19. The van der Waals surface area contributed by atoms with Gasteiger partial charge in [0.2, 0.25) is 11.8 Å². The fraction of sp³-hybridized carbons (Fsp3) is 0.400. The number of likely N-dealkylation sites (tertiary alicyclic amines) is 2. The van der Waals surface area contributed by atoms with Gasteiger partial charge in [-0.15, -0.1) is 0 Å². The molecule has 6 rings (SSSR count). The molecule has 0 radical (unpaired) electrons. The van der Waals surface area contributed by atoms with Crippen LogP contribution in [0.1, 0.15) is 100 Å². The lowest BCUT2D eigenvalue weighted by Crippen LogP contribution is -2.31. The number of hydrogen-bond acceptors (Lipinski definition) is 9. The van der Waals surface area contributed by atoms with E-state index in [0.29, 0.717) is 58.6 Å². The van der Waals surface area contributed by atoms with Crippen LogP contribution in [-0.4, -0.2) is 83.8 Å². The molecule has 12 nitrogen and oxygen atoms in total. The third-order valence-corrected chi connectivity index (χ3v) is 13.5. The van der Waals surface area contributed by atoms with E-state index in [0.717, 1.165) is 74.5 Å². The van der Waals surface area contributed by atoms with Crippen LogP contribution >= 0.6 is 11.8 Å². The first-order valence-corrected chi connectivity index (χ1v) is 22.9. The minimum absolute atomic E-state index is 0.00677. The van der Waals surface area contributed by atoms with Crippen molar-refractivity contribution in [2.45, 2.75) is 99.9 Å². The van der Waals surface area contributed by atoms with Crippen molar-refractivity contribution < 1.29 is 19.4 Å². The SMILES string of the molecule is CC(C)c1ccccc1-c1c(/C=C/C(=O)NCCC2CCCN2C)ccc(Sc2ccc(/C=C/C(=O)NCCC3CCCN3C)c(-c3ccccc3C(C)C)c2[N+](=O)[O-])c1[N+](=O)[O-]. The molecule has 63 heavy (non-hydrogen) atoms. The lowest BCUT2D eigenvalue weighted by molar-refractivity contribution is -0.387. The standard InChI is InChI=1S/C50H60N6O6S/c1-33(2)39-15-7-9-17-41(39)47-35(21-25-45(57)51-29-27-37-13-11-31-53(37)5)19-23-43(49(47)55(59)60)63-44-24-20-36(22-26-46(58)52-30-28-38-14-12-32-54(38)6)48(50(44)56(61)62)42-18-10-8-16-40(42)34(3)4/h7-10,15-26,33-34,37-38H,11-14,27-32H2,1-6H3,(H,51,57)(H,52,58)/b25-21+,26-22+. The maximum Gasteiger partial charge on any atom is 0.291 e. The topological polar surface area (TPSA) is 151 Å². The fourth-order valence-electron chi connectivity index (χ4n) is 8.98. The number of rotatable bonds is 18. The van der Waals surface area contributed by atoms with E-state index >= 15 is 0 Å². The number of carbonyl (C=O) groups is 2. The maximum atomic E-state index is 13.4. The molecule has 2 N–H and O–H groups in total. The molecule has 2 fully saturated rings. The predicted octanol–water partition coefficient (Wildman–Crippen LogP) is 10.5. The molecule has 4 aromatic rings. The van der Waals surface area contributed by atoms with E-state index in [2.05, 4.69) is 34.5 Å². The van der Waals surface area contributed by atoms with Crippen molar-refractivity contribution >= 4 is 47.1 Å². The van der Waals surface area contributed by atoms with Gasteiger partial charge in [0.25, 0.3) is 11.4 Å². The minimum atomic E-state index is -0.439. The van der Waals surface area contributed by atoms with Crippen LogP contribution in [0.4, 0.5) is 11.4 Å². The van der Waals surface area contributed by atoms with Crippen LogP contribution in [0, 0.1) is 20.2 Å². The van der Waals surface area contributed by atoms with Crippen molar-refractivity contribution in [3.8, 4) is 22.3 Å². The largest absolute Gasteiger partial charge is 0.352 e. The van der Waals surface area contributed by atoms with Gasteiger partial charge in [0, 0.05) is 37.3 Å². The second kappa shape index (κ2) is 21.6. The molecule has 2 amide bonds. The number of amides is 2. The van der Waals surface area contributed by atoms with Gasteiger partial charge in [-0.25, -0.2) is 0 Å². The Hall–Kier alpha value is -5.63. The van der Waals surface area contributed by atoms with Gasteiger partial charge < -0.3 is 20.4 Å². The van der Waals surface area contributed by atoms with Crippen LogP contribution in [0.25, 0.3) is 34.4 Å². The predicted molar refractivity (Wildman–Crippen MR) is 254 cm³/mol. The van der Waals surface area contributed by atoms with Crippen molar-refractivity contribution in [1.29, 1.82) is 0 Å². The van der Waals surface area contributed by atoms with Crippen molar-refractivity contribution in [2.24, 2.45) is 0 Å². The maximum absolute atomic E-state index is 13.4. The summed E-state index contributed by atoms with van der Waals surface area (Å²) in [7, 11) is 4.20. The number of nitro benzene ring substituents is 2. The summed E-state index contributed by atoms with van der Waals surface area (Å²) in [6.07, 6.45) is 12.2. The number of nitro groups is 2. The normalized spacial score (nSPS) is 17.1. The van der Waals surface area contributed by atoms with Gasteiger partial charge in [-0.3, -0.25) is 29.8 Å². The van der Waals surface area contributed by atoms with E-state index in [4.69, 9.17) is 0 Å². The second-order valence-corrected chi connectivity index (χ2v) is 18.3. The van der Waals surface area contributed by atoms with Crippen LogP contribution in [0.15, 0.2) is 94.7 Å². The molecule has 0 aliphatic carbocycles. The molecule has 2 heterocycles. The summed E-state index contributed by atoms with van der Waals surface area (Å²) in [5, 5.41) is 32.7. The molecule has 13 heteroatoms. The summed E-state index contributed by atoms with van der Waals surface area (Å²) in [4.78, 5) is 57.1. The fourth-order valence-corrected chi connectivity index (χ4v) is 10.0. The van der Waals surface area contributed by atoms with Gasteiger partial charge >= 0.3 is 0 Å². The summed E-state index contributed by atoms with van der Waals surface area (Å²) in [5.41, 5.74) is 4.19. The van der Waals surface area contributed by atoms with E-state index in [1.165, 1.54) is 12.2 Å². The van der Waals surface area contributed by atoms with Crippen molar-refractivity contribution in [3.05, 3.63) is 127 Å². The monoisotopic (exact) mass is 872 g/mol.